The largest absolute Gasteiger partial charge is 0.363 e. The normalized spacial score (nSPS) is 12.1. The summed E-state index contributed by atoms with van der Waals surface area (Å²) < 4.78 is 1.01. The van der Waals surface area contributed by atoms with Crippen molar-refractivity contribution < 1.29 is 4.92 Å². The Bertz CT molecular complexity index is 1120. The average Bonchev–Trinajstić information content (AvgIpc) is 3.12. The number of halogens is 1. The van der Waals surface area contributed by atoms with Gasteiger partial charge in [0.25, 0.3) is 5.69 Å². The van der Waals surface area contributed by atoms with Gasteiger partial charge in [-0.15, -0.1) is 0 Å². The molecule has 0 saturated carbocycles. The predicted octanol–water partition coefficient (Wildman–Crippen LogP) is 6.06. The second-order valence-electron chi connectivity index (χ2n) is 6.63. The number of anilines is 1. The molecule has 28 heavy (non-hydrogen) atoms. The Morgan fingerprint density at radius 1 is 1.04 bits per heavy atom. The number of fused-ring (bicyclic) bond motifs is 1. The van der Waals surface area contributed by atoms with Crippen molar-refractivity contribution in [2.45, 2.75) is 6.04 Å². The van der Waals surface area contributed by atoms with Crippen LogP contribution in [0.2, 0.25) is 0 Å². The standard InChI is InChI=1S/C22H18BrN3O2/c1-25(17-5-3-2-4-6-17)22(15-7-10-18(11-8-15)26(27)28)20-14-24-21-12-9-16(23)13-19(20)21/h2-14,22,24H,1H3. The summed E-state index contributed by atoms with van der Waals surface area (Å²) in [6.07, 6.45) is 2.02. The summed E-state index contributed by atoms with van der Waals surface area (Å²) >= 11 is 3.56. The Kier molecular flexibility index (Phi) is 4.88. The fraction of sp³-hybridized carbons (Fsp3) is 0.0909. The lowest BCUT2D eigenvalue weighted by molar-refractivity contribution is -0.384. The summed E-state index contributed by atoms with van der Waals surface area (Å²) in [5.41, 5.74) is 4.29. The van der Waals surface area contributed by atoms with E-state index in [9.17, 15) is 10.1 Å². The van der Waals surface area contributed by atoms with Gasteiger partial charge in [-0.3, -0.25) is 10.1 Å². The summed E-state index contributed by atoms with van der Waals surface area (Å²) in [5.74, 6) is 0. The zero-order chi connectivity index (χ0) is 19.7. The highest BCUT2D eigenvalue weighted by Crippen LogP contribution is 2.37. The van der Waals surface area contributed by atoms with Gasteiger partial charge in [-0.2, -0.15) is 0 Å². The van der Waals surface area contributed by atoms with Crippen LogP contribution in [0.25, 0.3) is 10.9 Å². The smallest absolute Gasteiger partial charge is 0.269 e. The molecule has 0 aliphatic rings. The monoisotopic (exact) mass is 435 g/mol. The quantitative estimate of drug-likeness (QED) is 0.305. The van der Waals surface area contributed by atoms with Crippen molar-refractivity contribution in [2.24, 2.45) is 0 Å². The molecule has 0 radical (unpaired) electrons. The van der Waals surface area contributed by atoms with Gasteiger partial charge in [0.2, 0.25) is 0 Å². The molecule has 140 valence electrons. The van der Waals surface area contributed by atoms with E-state index in [0.717, 1.165) is 32.2 Å². The van der Waals surface area contributed by atoms with Crippen LogP contribution in [-0.4, -0.2) is 17.0 Å². The topological polar surface area (TPSA) is 62.2 Å². The fourth-order valence-electron chi connectivity index (χ4n) is 3.54. The van der Waals surface area contributed by atoms with Crippen molar-refractivity contribution in [1.82, 2.24) is 4.98 Å². The number of benzene rings is 3. The second kappa shape index (κ2) is 7.48. The first-order chi connectivity index (χ1) is 13.5. The number of nitrogens with one attached hydrogen (secondary N) is 1. The molecular weight excluding hydrogens is 418 g/mol. The van der Waals surface area contributed by atoms with Crippen LogP contribution in [0.4, 0.5) is 11.4 Å². The molecule has 0 saturated heterocycles. The van der Waals surface area contributed by atoms with E-state index in [1.54, 1.807) is 12.1 Å². The third-order valence-corrected chi connectivity index (χ3v) is 5.43. The van der Waals surface area contributed by atoms with Crippen molar-refractivity contribution in [3.8, 4) is 0 Å². The van der Waals surface area contributed by atoms with E-state index < -0.39 is 0 Å². The Hall–Kier alpha value is -3.12. The van der Waals surface area contributed by atoms with E-state index in [4.69, 9.17) is 0 Å². The predicted molar refractivity (Wildman–Crippen MR) is 116 cm³/mol. The highest BCUT2D eigenvalue weighted by atomic mass is 79.9. The number of aromatic nitrogens is 1. The lowest BCUT2D eigenvalue weighted by atomic mass is 9.96. The summed E-state index contributed by atoms with van der Waals surface area (Å²) in [7, 11) is 2.04. The number of non-ortho nitro benzene ring substituents is 1. The third kappa shape index (κ3) is 3.39. The molecule has 0 fully saturated rings. The zero-order valence-corrected chi connectivity index (χ0v) is 16.8. The van der Waals surface area contributed by atoms with Crippen LogP contribution in [-0.2, 0) is 0 Å². The van der Waals surface area contributed by atoms with Gasteiger partial charge >= 0.3 is 0 Å². The maximum atomic E-state index is 11.1. The van der Waals surface area contributed by atoms with Crippen LogP contribution in [0, 0.1) is 10.1 Å². The van der Waals surface area contributed by atoms with Gasteiger partial charge in [-0.1, -0.05) is 34.1 Å². The second-order valence-corrected chi connectivity index (χ2v) is 7.55. The highest BCUT2D eigenvalue weighted by molar-refractivity contribution is 9.10. The number of nitrogens with zero attached hydrogens (tertiary/aromatic N) is 2. The van der Waals surface area contributed by atoms with Gasteiger partial charge in [-0.25, -0.2) is 0 Å². The maximum absolute atomic E-state index is 11.1. The van der Waals surface area contributed by atoms with Crippen LogP contribution in [0.3, 0.4) is 0 Å². The van der Waals surface area contributed by atoms with Crippen molar-refractivity contribution in [2.75, 3.05) is 11.9 Å². The van der Waals surface area contributed by atoms with Crippen LogP contribution in [0.5, 0.6) is 0 Å². The number of hydrogen-bond donors (Lipinski definition) is 1. The average molecular weight is 436 g/mol. The van der Waals surface area contributed by atoms with Crippen LogP contribution >= 0.6 is 15.9 Å². The molecular formula is C22H18BrN3O2. The minimum Gasteiger partial charge on any atom is -0.363 e. The molecule has 1 aromatic heterocycles. The van der Waals surface area contributed by atoms with Gasteiger partial charge in [0, 0.05) is 52.0 Å². The molecule has 3 aromatic carbocycles. The number of nitro benzene ring substituents is 1. The minimum absolute atomic E-state index is 0.0894. The number of hydrogen-bond acceptors (Lipinski definition) is 3. The number of aromatic amines is 1. The minimum atomic E-state index is -0.373. The number of para-hydroxylation sites is 1. The van der Waals surface area contributed by atoms with Gasteiger partial charge in [0.1, 0.15) is 0 Å². The Morgan fingerprint density at radius 3 is 2.43 bits per heavy atom. The molecule has 0 amide bonds. The summed E-state index contributed by atoms with van der Waals surface area (Å²) in [5, 5.41) is 12.2. The molecule has 1 heterocycles. The van der Waals surface area contributed by atoms with Crippen molar-refractivity contribution in [3.63, 3.8) is 0 Å². The Balaban J connectivity index is 1.87. The van der Waals surface area contributed by atoms with Crippen LogP contribution < -0.4 is 4.90 Å². The summed E-state index contributed by atoms with van der Waals surface area (Å²) in [4.78, 5) is 16.2. The first-order valence-electron chi connectivity index (χ1n) is 8.83. The summed E-state index contributed by atoms with van der Waals surface area (Å²) in [6.45, 7) is 0. The molecule has 0 aliphatic heterocycles. The molecule has 0 spiro atoms. The fourth-order valence-corrected chi connectivity index (χ4v) is 3.90. The molecule has 1 unspecified atom stereocenters. The number of H-pyrrole nitrogens is 1. The molecule has 5 nitrogen and oxygen atoms in total. The van der Waals surface area contributed by atoms with E-state index in [-0.39, 0.29) is 16.7 Å². The Labute approximate surface area is 170 Å². The van der Waals surface area contributed by atoms with E-state index in [1.807, 2.05) is 55.7 Å². The summed E-state index contributed by atoms with van der Waals surface area (Å²) in [6, 6.07) is 22.9. The van der Waals surface area contributed by atoms with Crippen LogP contribution in [0.15, 0.2) is 83.5 Å². The molecule has 4 rings (SSSR count). The van der Waals surface area contributed by atoms with Gasteiger partial charge in [-0.05, 0) is 48.0 Å². The van der Waals surface area contributed by atoms with E-state index in [1.165, 1.54) is 0 Å². The lowest BCUT2D eigenvalue weighted by Gasteiger charge is -2.30. The zero-order valence-electron chi connectivity index (χ0n) is 15.2. The lowest BCUT2D eigenvalue weighted by Crippen LogP contribution is -2.25. The van der Waals surface area contributed by atoms with Crippen molar-refractivity contribution >= 4 is 38.2 Å². The first kappa shape index (κ1) is 18.3. The third-order valence-electron chi connectivity index (χ3n) is 4.94. The molecule has 0 bridgehead atoms. The molecule has 4 aromatic rings. The number of nitro groups is 1. The van der Waals surface area contributed by atoms with Gasteiger partial charge < -0.3 is 9.88 Å². The molecule has 6 heteroatoms. The SMILES string of the molecule is CN(c1ccccc1)C(c1ccc([N+](=O)[O-])cc1)c1c[nH]c2ccc(Br)cc12. The van der Waals surface area contributed by atoms with Gasteiger partial charge in [0.05, 0.1) is 11.0 Å². The highest BCUT2D eigenvalue weighted by Gasteiger charge is 2.23. The Morgan fingerprint density at radius 2 is 1.75 bits per heavy atom. The molecule has 1 atom stereocenters. The van der Waals surface area contributed by atoms with E-state index in [2.05, 4.69) is 44.0 Å². The van der Waals surface area contributed by atoms with E-state index >= 15 is 0 Å². The maximum Gasteiger partial charge on any atom is 0.269 e. The van der Waals surface area contributed by atoms with Gasteiger partial charge in [0.15, 0.2) is 0 Å². The molecule has 1 N–H and O–H groups in total. The van der Waals surface area contributed by atoms with E-state index in [0.29, 0.717) is 0 Å². The number of rotatable bonds is 5. The molecule has 0 aliphatic carbocycles. The van der Waals surface area contributed by atoms with Crippen molar-refractivity contribution in [1.29, 1.82) is 0 Å². The first-order valence-corrected chi connectivity index (χ1v) is 9.62. The van der Waals surface area contributed by atoms with Crippen molar-refractivity contribution in [3.05, 3.63) is 105 Å². The van der Waals surface area contributed by atoms with Crippen LogP contribution in [0.1, 0.15) is 17.2 Å².